The van der Waals surface area contributed by atoms with Gasteiger partial charge in [-0.1, -0.05) is 49.6 Å². The minimum Gasteiger partial charge on any atom is -0.299 e. The van der Waals surface area contributed by atoms with Gasteiger partial charge in [-0.2, -0.15) is 0 Å². The molecule has 0 aromatic heterocycles. The van der Waals surface area contributed by atoms with Gasteiger partial charge in [-0.15, -0.1) is 0 Å². The summed E-state index contributed by atoms with van der Waals surface area (Å²) in [5, 5.41) is 0. The molecular formula is C20H30O. The molecule has 2 aliphatic rings. The smallest absolute Gasteiger partial charge is 0.142 e. The van der Waals surface area contributed by atoms with E-state index in [2.05, 4.69) is 52.8 Å². The van der Waals surface area contributed by atoms with Gasteiger partial charge < -0.3 is 0 Å². The van der Waals surface area contributed by atoms with Gasteiger partial charge in [0, 0.05) is 5.92 Å². The Kier molecular flexibility index (Phi) is 5.24. The minimum absolute atomic E-state index is 0.471. The van der Waals surface area contributed by atoms with E-state index >= 15 is 0 Å². The number of hydrogen-bond acceptors (Lipinski definition) is 1. The topological polar surface area (TPSA) is 17.1 Å². The second-order valence-electron chi connectivity index (χ2n) is 7.21. The van der Waals surface area contributed by atoms with Gasteiger partial charge in [-0.05, 0) is 62.9 Å². The molecule has 0 N–H and O–H groups in total. The molecule has 1 nitrogen and oxygen atoms in total. The molecule has 0 heterocycles. The third-order valence-electron chi connectivity index (χ3n) is 5.97. The number of allylic oxidation sites excluding steroid dienone is 6. The highest BCUT2D eigenvalue weighted by molar-refractivity contribution is 5.64. The zero-order chi connectivity index (χ0) is 15.6. The Bertz CT molecular complexity index is 468. The van der Waals surface area contributed by atoms with E-state index in [0.717, 1.165) is 18.1 Å². The Hall–Kier alpha value is -1.11. The van der Waals surface area contributed by atoms with Crippen LogP contribution in [0.15, 0.2) is 35.5 Å². The summed E-state index contributed by atoms with van der Waals surface area (Å²) >= 11 is 0. The standard InChI is InChI=1S/C20H30O/c1-6-13(2)19-16(5)12-18-14(3)9-10-15(4)20(18)17(19)8-7-11-21/h6-8,11-12,14-15,17-20H,9-10H2,1-5H3/b8-7+,13-6-/t14-,15-,17+,18-,19?,20-/m0/s1. The van der Waals surface area contributed by atoms with Crippen LogP contribution in [0, 0.1) is 35.5 Å². The molecule has 2 rings (SSSR count). The van der Waals surface area contributed by atoms with Crippen LogP contribution in [0.2, 0.25) is 0 Å². The van der Waals surface area contributed by atoms with E-state index < -0.39 is 0 Å². The number of rotatable bonds is 3. The molecule has 0 aromatic rings. The van der Waals surface area contributed by atoms with Crippen LogP contribution < -0.4 is 0 Å². The van der Waals surface area contributed by atoms with Crippen molar-refractivity contribution in [3.05, 3.63) is 35.5 Å². The molecule has 2 aliphatic carbocycles. The van der Waals surface area contributed by atoms with E-state index in [1.165, 1.54) is 24.0 Å². The van der Waals surface area contributed by atoms with E-state index in [1.807, 2.05) is 0 Å². The van der Waals surface area contributed by atoms with E-state index in [-0.39, 0.29) is 0 Å². The van der Waals surface area contributed by atoms with E-state index in [0.29, 0.717) is 23.7 Å². The van der Waals surface area contributed by atoms with Gasteiger partial charge in [0.15, 0.2) is 0 Å². The molecule has 1 unspecified atom stereocenters. The predicted molar refractivity (Wildman–Crippen MR) is 89.9 cm³/mol. The molecular weight excluding hydrogens is 256 g/mol. The van der Waals surface area contributed by atoms with E-state index in [9.17, 15) is 4.79 Å². The van der Waals surface area contributed by atoms with Crippen LogP contribution in [0.1, 0.15) is 47.5 Å². The summed E-state index contributed by atoms with van der Waals surface area (Å²) in [5.74, 6) is 3.80. The first-order valence-corrected chi connectivity index (χ1v) is 8.44. The number of hydrogen-bond donors (Lipinski definition) is 0. The summed E-state index contributed by atoms with van der Waals surface area (Å²) < 4.78 is 0. The summed E-state index contributed by atoms with van der Waals surface area (Å²) in [4.78, 5) is 10.9. The minimum atomic E-state index is 0.471. The molecule has 1 saturated carbocycles. The third-order valence-corrected chi connectivity index (χ3v) is 5.97. The van der Waals surface area contributed by atoms with Crippen molar-refractivity contribution in [2.45, 2.75) is 47.5 Å². The lowest BCUT2D eigenvalue weighted by Crippen LogP contribution is -2.42. The van der Waals surface area contributed by atoms with Crippen molar-refractivity contribution < 1.29 is 4.79 Å². The summed E-state index contributed by atoms with van der Waals surface area (Å²) in [6, 6.07) is 0. The third kappa shape index (κ3) is 3.07. The van der Waals surface area contributed by atoms with Crippen LogP contribution in [0.3, 0.4) is 0 Å². The maximum absolute atomic E-state index is 10.9. The molecule has 0 radical (unpaired) electrons. The molecule has 0 bridgehead atoms. The van der Waals surface area contributed by atoms with Gasteiger partial charge in [0.1, 0.15) is 6.29 Å². The first-order valence-electron chi connectivity index (χ1n) is 8.44. The fourth-order valence-electron chi connectivity index (χ4n) is 4.77. The molecule has 116 valence electrons. The molecule has 6 atom stereocenters. The Morgan fingerprint density at radius 1 is 1.24 bits per heavy atom. The van der Waals surface area contributed by atoms with E-state index in [1.54, 1.807) is 6.08 Å². The summed E-state index contributed by atoms with van der Waals surface area (Å²) in [6.07, 6.45) is 12.3. The Morgan fingerprint density at radius 3 is 2.52 bits per heavy atom. The maximum Gasteiger partial charge on any atom is 0.142 e. The van der Waals surface area contributed by atoms with Crippen molar-refractivity contribution >= 4 is 6.29 Å². The monoisotopic (exact) mass is 286 g/mol. The normalized spacial score (nSPS) is 40.8. The van der Waals surface area contributed by atoms with Crippen LogP contribution >= 0.6 is 0 Å². The van der Waals surface area contributed by atoms with Crippen LogP contribution in [0.25, 0.3) is 0 Å². The van der Waals surface area contributed by atoms with Gasteiger partial charge in [-0.3, -0.25) is 4.79 Å². The summed E-state index contributed by atoms with van der Waals surface area (Å²) in [5.41, 5.74) is 2.93. The lowest BCUT2D eigenvalue weighted by molar-refractivity contribution is -0.104. The highest BCUT2D eigenvalue weighted by Crippen LogP contribution is 2.52. The van der Waals surface area contributed by atoms with Crippen LogP contribution in [0.4, 0.5) is 0 Å². The average Bonchev–Trinajstić information content (AvgIpc) is 2.47. The summed E-state index contributed by atoms with van der Waals surface area (Å²) in [7, 11) is 0. The van der Waals surface area contributed by atoms with Crippen LogP contribution in [0.5, 0.6) is 0 Å². The lowest BCUT2D eigenvalue weighted by atomic mass is 9.55. The second-order valence-corrected chi connectivity index (χ2v) is 7.21. The Labute approximate surface area is 130 Å². The van der Waals surface area contributed by atoms with Gasteiger partial charge in [-0.25, -0.2) is 0 Å². The fourth-order valence-corrected chi connectivity index (χ4v) is 4.77. The molecule has 0 amide bonds. The highest BCUT2D eigenvalue weighted by atomic mass is 16.1. The zero-order valence-electron chi connectivity index (χ0n) is 14.2. The largest absolute Gasteiger partial charge is 0.299 e. The molecule has 0 aromatic carbocycles. The molecule has 21 heavy (non-hydrogen) atoms. The zero-order valence-corrected chi connectivity index (χ0v) is 14.2. The van der Waals surface area contributed by atoms with Crippen molar-refractivity contribution in [3.8, 4) is 0 Å². The van der Waals surface area contributed by atoms with Gasteiger partial charge in [0.25, 0.3) is 0 Å². The first-order chi connectivity index (χ1) is 10.0. The number of carbonyl (C=O) groups is 1. The number of fused-ring (bicyclic) bond motifs is 1. The van der Waals surface area contributed by atoms with E-state index in [4.69, 9.17) is 0 Å². The average molecular weight is 286 g/mol. The van der Waals surface area contributed by atoms with Crippen molar-refractivity contribution in [3.63, 3.8) is 0 Å². The van der Waals surface area contributed by atoms with Crippen LogP contribution in [-0.4, -0.2) is 6.29 Å². The lowest BCUT2D eigenvalue weighted by Gasteiger charge is -2.49. The SMILES string of the molecule is C/C=C(/C)C1C(C)=C[C@@H]2[C@H]([C@@H]1/C=C/C=O)[C@@H](C)CC[C@@H]2C. The highest BCUT2D eigenvalue weighted by Gasteiger charge is 2.44. The molecule has 0 spiro atoms. The number of aldehydes is 1. The van der Waals surface area contributed by atoms with Crippen molar-refractivity contribution in [2.75, 3.05) is 0 Å². The number of carbonyl (C=O) groups excluding carboxylic acids is 1. The predicted octanol–water partition coefficient (Wildman–Crippen LogP) is 5.20. The Balaban J connectivity index is 2.48. The maximum atomic E-state index is 10.9. The quantitative estimate of drug-likeness (QED) is 0.396. The Morgan fingerprint density at radius 2 is 1.90 bits per heavy atom. The van der Waals surface area contributed by atoms with Gasteiger partial charge in [0.05, 0.1) is 0 Å². The van der Waals surface area contributed by atoms with Crippen molar-refractivity contribution in [1.29, 1.82) is 0 Å². The first kappa shape index (κ1) is 16.3. The van der Waals surface area contributed by atoms with Gasteiger partial charge in [0.2, 0.25) is 0 Å². The van der Waals surface area contributed by atoms with Gasteiger partial charge >= 0.3 is 0 Å². The van der Waals surface area contributed by atoms with Crippen LogP contribution in [-0.2, 0) is 4.79 Å². The fraction of sp³-hybridized carbons (Fsp3) is 0.650. The molecule has 1 fully saturated rings. The molecule has 0 saturated heterocycles. The second kappa shape index (κ2) is 6.77. The summed E-state index contributed by atoms with van der Waals surface area (Å²) in [6.45, 7) is 11.4. The molecule has 1 heteroatoms. The molecule has 0 aliphatic heterocycles. The van der Waals surface area contributed by atoms with Crippen molar-refractivity contribution in [1.82, 2.24) is 0 Å². The van der Waals surface area contributed by atoms with Crippen molar-refractivity contribution in [2.24, 2.45) is 35.5 Å².